The number of aromatic nitrogens is 2. The van der Waals surface area contributed by atoms with Crippen molar-refractivity contribution in [1.82, 2.24) is 9.55 Å². The maximum Gasteiger partial charge on any atom is 0.144 e. The Bertz CT molecular complexity index is 1170. The Morgan fingerprint density at radius 3 is 2.28 bits per heavy atom. The van der Waals surface area contributed by atoms with Crippen molar-refractivity contribution in [2.24, 2.45) is 0 Å². The van der Waals surface area contributed by atoms with E-state index >= 15 is 0 Å². The molecule has 1 atom stereocenters. The minimum atomic E-state index is -0.167. The molecule has 0 saturated carbocycles. The second-order valence-corrected chi connectivity index (χ2v) is 7.04. The van der Waals surface area contributed by atoms with Crippen molar-refractivity contribution in [2.45, 2.75) is 12.3 Å². The summed E-state index contributed by atoms with van der Waals surface area (Å²) in [5.41, 5.74) is 9.08. The van der Waals surface area contributed by atoms with Gasteiger partial charge in [-0.3, -0.25) is 4.57 Å². The van der Waals surface area contributed by atoms with Crippen molar-refractivity contribution in [1.29, 1.82) is 0 Å². The van der Waals surface area contributed by atoms with E-state index in [0.717, 1.165) is 5.82 Å². The first-order chi connectivity index (χ1) is 12.3. The van der Waals surface area contributed by atoms with Crippen LogP contribution in [0.5, 0.6) is 0 Å². The van der Waals surface area contributed by atoms with Crippen LogP contribution in [0, 0.1) is 0 Å². The Morgan fingerprint density at radius 2 is 1.44 bits per heavy atom. The van der Waals surface area contributed by atoms with Crippen molar-refractivity contribution >= 4 is 0 Å². The van der Waals surface area contributed by atoms with Crippen molar-refractivity contribution in [2.75, 3.05) is 0 Å². The fourth-order valence-electron chi connectivity index (χ4n) is 4.87. The van der Waals surface area contributed by atoms with Gasteiger partial charge in [-0.25, -0.2) is 4.98 Å². The monoisotopic (exact) mass is 320 g/mol. The lowest BCUT2D eigenvalue weighted by molar-refractivity contribution is 0.716. The van der Waals surface area contributed by atoms with Gasteiger partial charge >= 0.3 is 0 Å². The van der Waals surface area contributed by atoms with Gasteiger partial charge in [-0.2, -0.15) is 0 Å². The average molecular weight is 320 g/mol. The Kier molecular flexibility index (Phi) is 2.26. The topological polar surface area (TPSA) is 17.8 Å². The molecule has 0 amide bonds. The molecule has 118 valence electrons. The van der Waals surface area contributed by atoms with E-state index in [1.807, 2.05) is 6.20 Å². The molecule has 0 fully saturated rings. The van der Waals surface area contributed by atoms with Crippen LogP contribution in [0.25, 0.3) is 28.2 Å². The molecule has 2 aliphatic rings. The minimum Gasteiger partial charge on any atom is -0.299 e. The van der Waals surface area contributed by atoms with Gasteiger partial charge in [0.15, 0.2) is 0 Å². The van der Waals surface area contributed by atoms with Gasteiger partial charge in [0.25, 0.3) is 0 Å². The molecular weight excluding hydrogens is 304 g/mol. The van der Waals surface area contributed by atoms with Crippen LogP contribution in [0.2, 0.25) is 0 Å². The third-order valence-electron chi connectivity index (χ3n) is 5.91. The first-order valence-electron chi connectivity index (χ1n) is 8.67. The molecule has 0 N–H and O–H groups in total. The van der Waals surface area contributed by atoms with Crippen molar-refractivity contribution < 1.29 is 0 Å². The summed E-state index contributed by atoms with van der Waals surface area (Å²) in [6.07, 6.45) is 3.98. The molecule has 1 aliphatic heterocycles. The first kappa shape index (κ1) is 13.2. The predicted molar refractivity (Wildman–Crippen MR) is 100.0 cm³/mol. The number of hydrogen-bond acceptors (Lipinski definition) is 1. The van der Waals surface area contributed by atoms with Gasteiger partial charge in [0.05, 0.1) is 5.69 Å². The molecule has 2 nitrogen and oxygen atoms in total. The molecule has 1 unspecified atom stereocenters. The number of imidazole rings is 1. The highest BCUT2D eigenvalue weighted by Gasteiger charge is 2.45. The van der Waals surface area contributed by atoms with Gasteiger partial charge in [-0.05, 0) is 40.8 Å². The zero-order valence-corrected chi connectivity index (χ0v) is 13.9. The summed E-state index contributed by atoms with van der Waals surface area (Å²) in [5.74, 6) is 1.03. The average Bonchev–Trinajstić information content (AvgIpc) is 3.23. The second kappa shape index (κ2) is 4.28. The molecular formula is C23H16N2. The molecule has 25 heavy (non-hydrogen) atoms. The van der Waals surface area contributed by atoms with Gasteiger partial charge in [0.1, 0.15) is 5.82 Å². The van der Waals surface area contributed by atoms with Gasteiger partial charge in [-0.15, -0.1) is 0 Å². The largest absolute Gasteiger partial charge is 0.299 e. The summed E-state index contributed by atoms with van der Waals surface area (Å²) in [6, 6.07) is 24.2. The summed E-state index contributed by atoms with van der Waals surface area (Å²) < 4.78 is 2.24. The lowest BCUT2D eigenvalue weighted by Crippen LogP contribution is -2.23. The van der Waals surface area contributed by atoms with E-state index in [1.54, 1.807) is 0 Å². The van der Waals surface area contributed by atoms with Gasteiger partial charge < -0.3 is 0 Å². The molecule has 1 aromatic heterocycles. The molecule has 0 bridgehead atoms. The van der Waals surface area contributed by atoms with E-state index in [-0.39, 0.29) is 5.41 Å². The molecule has 6 rings (SSSR count). The fourth-order valence-corrected chi connectivity index (χ4v) is 4.87. The molecule has 3 aromatic carbocycles. The summed E-state index contributed by atoms with van der Waals surface area (Å²) in [7, 11) is 0. The smallest absolute Gasteiger partial charge is 0.144 e. The van der Waals surface area contributed by atoms with Gasteiger partial charge in [0, 0.05) is 23.4 Å². The SMILES string of the molecule is CC12c3ccccc3-c3cccc(c31)-n1ccnc1-c1ccccc12. The second-order valence-electron chi connectivity index (χ2n) is 7.04. The maximum absolute atomic E-state index is 4.70. The summed E-state index contributed by atoms with van der Waals surface area (Å²) >= 11 is 0. The summed E-state index contributed by atoms with van der Waals surface area (Å²) in [6.45, 7) is 2.37. The summed E-state index contributed by atoms with van der Waals surface area (Å²) in [5, 5.41) is 0. The van der Waals surface area contributed by atoms with Gasteiger partial charge in [-0.1, -0.05) is 60.7 Å². The zero-order valence-electron chi connectivity index (χ0n) is 13.9. The van der Waals surface area contributed by atoms with Crippen LogP contribution in [-0.2, 0) is 5.41 Å². The normalized spacial score (nSPS) is 18.8. The Hall–Kier alpha value is -3.13. The lowest BCUT2D eigenvalue weighted by atomic mass is 9.72. The lowest BCUT2D eigenvalue weighted by Gasteiger charge is -2.29. The van der Waals surface area contributed by atoms with E-state index in [2.05, 4.69) is 84.4 Å². The van der Waals surface area contributed by atoms with Crippen LogP contribution in [0.15, 0.2) is 79.1 Å². The predicted octanol–water partition coefficient (Wildman–Crippen LogP) is 5.19. The van der Waals surface area contributed by atoms with Crippen LogP contribution in [0.3, 0.4) is 0 Å². The quantitative estimate of drug-likeness (QED) is 0.436. The number of hydrogen-bond donors (Lipinski definition) is 0. The van der Waals surface area contributed by atoms with E-state index in [0.29, 0.717) is 0 Å². The first-order valence-corrected chi connectivity index (χ1v) is 8.67. The van der Waals surface area contributed by atoms with Crippen LogP contribution in [0.1, 0.15) is 23.6 Å². The molecule has 4 aromatic rings. The third-order valence-corrected chi connectivity index (χ3v) is 5.91. The minimum absolute atomic E-state index is 0.167. The van der Waals surface area contributed by atoms with Crippen LogP contribution in [-0.4, -0.2) is 9.55 Å². The summed E-state index contributed by atoms with van der Waals surface area (Å²) in [4.78, 5) is 4.70. The highest BCUT2D eigenvalue weighted by molar-refractivity contribution is 5.89. The number of benzene rings is 3. The maximum atomic E-state index is 4.70. The van der Waals surface area contributed by atoms with E-state index < -0.39 is 0 Å². The van der Waals surface area contributed by atoms with Crippen LogP contribution >= 0.6 is 0 Å². The van der Waals surface area contributed by atoms with Crippen LogP contribution in [0.4, 0.5) is 0 Å². The Morgan fingerprint density at radius 1 is 0.760 bits per heavy atom. The Balaban J connectivity index is 1.90. The van der Waals surface area contributed by atoms with E-state index in [1.165, 1.54) is 39.1 Å². The number of fused-ring (bicyclic) bond motifs is 8. The molecule has 0 spiro atoms. The Labute approximate surface area is 146 Å². The van der Waals surface area contributed by atoms with Crippen molar-refractivity contribution in [3.05, 3.63) is 95.8 Å². The van der Waals surface area contributed by atoms with Crippen molar-refractivity contribution in [3.63, 3.8) is 0 Å². The number of rotatable bonds is 0. The number of nitrogens with zero attached hydrogens (tertiary/aromatic N) is 2. The van der Waals surface area contributed by atoms with E-state index in [4.69, 9.17) is 4.98 Å². The highest BCUT2D eigenvalue weighted by atomic mass is 15.1. The van der Waals surface area contributed by atoms with E-state index in [9.17, 15) is 0 Å². The van der Waals surface area contributed by atoms with Gasteiger partial charge in [0.2, 0.25) is 0 Å². The molecule has 1 aliphatic carbocycles. The van der Waals surface area contributed by atoms with Crippen molar-refractivity contribution in [3.8, 4) is 28.2 Å². The fraction of sp³-hybridized carbons (Fsp3) is 0.0870. The molecule has 0 radical (unpaired) electrons. The molecule has 0 saturated heterocycles. The third kappa shape index (κ3) is 1.40. The molecule has 2 heterocycles. The zero-order chi connectivity index (χ0) is 16.6. The van der Waals surface area contributed by atoms with Crippen LogP contribution < -0.4 is 0 Å². The standard InChI is InChI=1S/C23H16N2/c1-23-18-10-4-2-7-15(18)16-9-6-12-20(21(16)23)25-14-13-24-22(25)17-8-3-5-11-19(17)23/h2-14H,1H3. The molecule has 2 heteroatoms. The highest BCUT2D eigenvalue weighted by Crippen LogP contribution is 2.57.